The number of hydrogen-bond acceptors (Lipinski definition) is 2. The maximum atomic E-state index is 4.32. The molecular formula is C9H15N3. The fourth-order valence-electron chi connectivity index (χ4n) is 1.70. The first-order chi connectivity index (χ1) is 5.86. The molecule has 3 nitrogen and oxygen atoms in total. The van der Waals surface area contributed by atoms with Crippen molar-refractivity contribution in [3.63, 3.8) is 0 Å². The van der Waals surface area contributed by atoms with Crippen LogP contribution in [0, 0.1) is 6.92 Å². The number of aromatic amines is 1. The second-order valence-electron chi connectivity index (χ2n) is 3.45. The highest BCUT2D eigenvalue weighted by molar-refractivity contribution is 5.03. The highest BCUT2D eigenvalue weighted by Crippen LogP contribution is 2.19. The molecule has 1 saturated heterocycles. The van der Waals surface area contributed by atoms with Gasteiger partial charge >= 0.3 is 0 Å². The van der Waals surface area contributed by atoms with Crippen molar-refractivity contribution in [3.8, 4) is 0 Å². The van der Waals surface area contributed by atoms with Crippen LogP contribution in [0.3, 0.4) is 0 Å². The summed E-state index contributed by atoms with van der Waals surface area (Å²) < 4.78 is 0. The number of H-pyrrole nitrogens is 1. The lowest BCUT2D eigenvalue weighted by Crippen LogP contribution is -2.27. The molecular weight excluding hydrogens is 150 g/mol. The third-order valence-electron chi connectivity index (χ3n) is 2.36. The minimum absolute atomic E-state index is 0.465. The summed E-state index contributed by atoms with van der Waals surface area (Å²) in [5, 5.41) is 3.45. The summed E-state index contributed by atoms with van der Waals surface area (Å²) in [7, 11) is 0. The van der Waals surface area contributed by atoms with Crippen molar-refractivity contribution in [2.45, 2.75) is 32.2 Å². The van der Waals surface area contributed by atoms with E-state index in [4.69, 9.17) is 0 Å². The Balaban J connectivity index is 2.08. The minimum Gasteiger partial charge on any atom is -0.345 e. The Morgan fingerprint density at radius 3 is 3.00 bits per heavy atom. The number of hydrogen-bond donors (Lipinski definition) is 2. The van der Waals surface area contributed by atoms with E-state index in [0.717, 1.165) is 18.1 Å². The largest absolute Gasteiger partial charge is 0.345 e. The molecule has 1 aromatic heterocycles. The lowest BCUT2D eigenvalue weighted by Gasteiger charge is -2.21. The van der Waals surface area contributed by atoms with Crippen molar-refractivity contribution >= 4 is 0 Å². The number of nitrogens with zero attached hydrogens (tertiary/aromatic N) is 1. The Morgan fingerprint density at radius 1 is 1.50 bits per heavy atom. The minimum atomic E-state index is 0.465. The molecule has 3 heteroatoms. The van der Waals surface area contributed by atoms with Crippen LogP contribution in [0.25, 0.3) is 0 Å². The van der Waals surface area contributed by atoms with E-state index in [2.05, 4.69) is 15.3 Å². The lowest BCUT2D eigenvalue weighted by molar-refractivity contribution is 0.399. The van der Waals surface area contributed by atoms with E-state index in [1.807, 2.05) is 13.1 Å². The molecule has 1 fully saturated rings. The average Bonchev–Trinajstić information content (AvgIpc) is 2.54. The van der Waals surface area contributed by atoms with Gasteiger partial charge in [0.2, 0.25) is 0 Å². The fourth-order valence-corrected chi connectivity index (χ4v) is 1.70. The maximum absolute atomic E-state index is 4.32. The van der Waals surface area contributed by atoms with Crippen molar-refractivity contribution in [1.29, 1.82) is 0 Å². The number of imidazole rings is 1. The molecule has 1 aromatic rings. The van der Waals surface area contributed by atoms with Crippen LogP contribution < -0.4 is 5.32 Å². The molecule has 0 saturated carbocycles. The van der Waals surface area contributed by atoms with E-state index >= 15 is 0 Å². The smallest absolute Gasteiger partial charge is 0.123 e. The van der Waals surface area contributed by atoms with Crippen molar-refractivity contribution in [1.82, 2.24) is 15.3 Å². The summed E-state index contributed by atoms with van der Waals surface area (Å²) >= 11 is 0. The number of nitrogens with one attached hydrogen (secondary N) is 2. The third-order valence-corrected chi connectivity index (χ3v) is 2.36. The fraction of sp³-hybridized carbons (Fsp3) is 0.667. The third kappa shape index (κ3) is 1.50. The molecule has 2 N–H and O–H groups in total. The van der Waals surface area contributed by atoms with Gasteiger partial charge < -0.3 is 10.3 Å². The lowest BCUT2D eigenvalue weighted by atomic mass is 10.0. The van der Waals surface area contributed by atoms with E-state index in [9.17, 15) is 0 Å². The van der Waals surface area contributed by atoms with E-state index in [0.29, 0.717) is 6.04 Å². The molecule has 1 aliphatic heterocycles. The van der Waals surface area contributed by atoms with Crippen LogP contribution in [-0.4, -0.2) is 16.5 Å². The molecule has 0 spiro atoms. The highest BCUT2D eigenvalue weighted by atomic mass is 15.0. The highest BCUT2D eigenvalue weighted by Gasteiger charge is 2.16. The molecule has 2 heterocycles. The summed E-state index contributed by atoms with van der Waals surface area (Å²) in [4.78, 5) is 7.59. The topological polar surface area (TPSA) is 40.7 Å². The van der Waals surface area contributed by atoms with Crippen LogP contribution in [0.4, 0.5) is 0 Å². The zero-order valence-corrected chi connectivity index (χ0v) is 7.43. The van der Waals surface area contributed by atoms with Gasteiger partial charge in [0.1, 0.15) is 5.82 Å². The van der Waals surface area contributed by atoms with Gasteiger partial charge in [-0.05, 0) is 26.3 Å². The molecule has 1 atom stereocenters. The Kier molecular flexibility index (Phi) is 2.13. The van der Waals surface area contributed by atoms with Gasteiger partial charge in [0, 0.05) is 11.9 Å². The van der Waals surface area contributed by atoms with Gasteiger partial charge in [0.25, 0.3) is 0 Å². The normalized spacial score (nSPS) is 24.2. The number of piperidine rings is 1. The monoisotopic (exact) mass is 165 g/mol. The predicted molar refractivity (Wildman–Crippen MR) is 47.9 cm³/mol. The molecule has 1 aliphatic rings. The van der Waals surface area contributed by atoms with Crippen LogP contribution in [-0.2, 0) is 0 Å². The summed E-state index contributed by atoms with van der Waals surface area (Å²) in [5.74, 6) is 1.10. The van der Waals surface area contributed by atoms with Gasteiger partial charge in [-0.1, -0.05) is 6.42 Å². The standard InChI is InChI=1S/C9H15N3/c1-7-6-11-9(12-7)8-4-2-3-5-10-8/h6,8,10H,2-5H2,1H3,(H,11,12). The molecule has 0 amide bonds. The Bertz CT molecular complexity index is 248. The second kappa shape index (κ2) is 3.27. The summed E-state index contributed by atoms with van der Waals surface area (Å²) in [6.45, 7) is 3.17. The van der Waals surface area contributed by atoms with Gasteiger partial charge in [-0.25, -0.2) is 4.98 Å². The van der Waals surface area contributed by atoms with Crippen molar-refractivity contribution < 1.29 is 0 Å². The Morgan fingerprint density at radius 2 is 2.42 bits per heavy atom. The molecule has 0 aliphatic carbocycles. The van der Waals surface area contributed by atoms with Gasteiger partial charge in [-0.3, -0.25) is 0 Å². The first-order valence-corrected chi connectivity index (χ1v) is 4.61. The Hall–Kier alpha value is -0.830. The molecule has 0 bridgehead atoms. The summed E-state index contributed by atoms with van der Waals surface area (Å²) in [6.07, 6.45) is 5.73. The number of rotatable bonds is 1. The van der Waals surface area contributed by atoms with Crippen LogP contribution in [0.15, 0.2) is 6.20 Å². The molecule has 12 heavy (non-hydrogen) atoms. The van der Waals surface area contributed by atoms with Crippen LogP contribution in [0.5, 0.6) is 0 Å². The first kappa shape index (κ1) is 7.80. The van der Waals surface area contributed by atoms with Crippen molar-refractivity contribution in [3.05, 3.63) is 17.7 Å². The number of aryl methyl sites for hydroxylation is 1. The quantitative estimate of drug-likeness (QED) is 0.662. The van der Waals surface area contributed by atoms with Gasteiger partial charge in [-0.15, -0.1) is 0 Å². The van der Waals surface area contributed by atoms with Crippen LogP contribution in [0.1, 0.15) is 36.8 Å². The van der Waals surface area contributed by atoms with E-state index in [-0.39, 0.29) is 0 Å². The van der Waals surface area contributed by atoms with Crippen molar-refractivity contribution in [2.75, 3.05) is 6.54 Å². The van der Waals surface area contributed by atoms with E-state index < -0.39 is 0 Å². The second-order valence-corrected chi connectivity index (χ2v) is 3.45. The molecule has 2 rings (SSSR count). The summed E-state index contributed by atoms with van der Waals surface area (Å²) in [5.41, 5.74) is 1.15. The van der Waals surface area contributed by atoms with Gasteiger partial charge in [0.15, 0.2) is 0 Å². The van der Waals surface area contributed by atoms with E-state index in [1.54, 1.807) is 0 Å². The van der Waals surface area contributed by atoms with Crippen molar-refractivity contribution in [2.24, 2.45) is 0 Å². The van der Waals surface area contributed by atoms with E-state index in [1.165, 1.54) is 19.3 Å². The SMILES string of the molecule is Cc1cnc(C2CCCCN2)[nH]1. The molecule has 0 aromatic carbocycles. The van der Waals surface area contributed by atoms with Gasteiger partial charge in [0.05, 0.1) is 6.04 Å². The van der Waals surface area contributed by atoms with Crippen LogP contribution >= 0.6 is 0 Å². The zero-order valence-electron chi connectivity index (χ0n) is 7.43. The molecule has 0 radical (unpaired) electrons. The van der Waals surface area contributed by atoms with Gasteiger partial charge in [-0.2, -0.15) is 0 Å². The Labute approximate surface area is 72.6 Å². The number of aromatic nitrogens is 2. The molecule has 1 unspecified atom stereocenters. The predicted octanol–water partition coefficient (Wildman–Crippen LogP) is 1.53. The molecule has 66 valence electrons. The zero-order chi connectivity index (χ0) is 8.39. The maximum Gasteiger partial charge on any atom is 0.123 e. The average molecular weight is 165 g/mol. The first-order valence-electron chi connectivity index (χ1n) is 4.61. The van der Waals surface area contributed by atoms with Crippen LogP contribution in [0.2, 0.25) is 0 Å². The summed E-state index contributed by atoms with van der Waals surface area (Å²) in [6, 6.07) is 0.465.